The van der Waals surface area contributed by atoms with E-state index in [9.17, 15) is 0 Å². The van der Waals surface area contributed by atoms with E-state index in [0.717, 1.165) is 19.5 Å². The molecular formula is C14H25N3. The highest BCUT2D eigenvalue weighted by Crippen LogP contribution is 2.35. The standard InChI is InChI=1S/C14H25N3/c1-2-8-17-11-13(10-16-17)14-7-5-3-4-6-12(14)9-15/h10-12,14H,2-9,15H2,1H3. The highest BCUT2D eigenvalue weighted by molar-refractivity contribution is 5.13. The number of hydrogen-bond acceptors (Lipinski definition) is 2. The van der Waals surface area contributed by atoms with Gasteiger partial charge in [0.2, 0.25) is 0 Å². The van der Waals surface area contributed by atoms with E-state index in [2.05, 4.69) is 29.1 Å². The zero-order valence-electron chi connectivity index (χ0n) is 10.9. The largest absolute Gasteiger partial charge is 0.330 e. The van der Waals surface area contributed by atoms with Gasteiger partial charge in [-0.05, 0) is 43.2 Å². The zero-order valence-corrected chi connectivity index (χ0v) is 10.9. The van der Waals surface area contributed by atoms with Crippen molar-refractivity contribution in [2.45, 2.75) is 57.9 Å². The molecule has 0 aromatic carbocycles. The molecule has 1 saturated carbocycles. The minimum absolute atomic E-state index is 0.646. The highest BCUT2D eigenvalue weighted by atomic mass is 15.3. The first kappa shape index (κ1) is 12.6. The number of aromatic nitrogens is 2. The molecule has 0 spiro atoms. The molecule has 3 heteroatoms. The molecule has 0 aliphatic heterocycles. The monoisotopic (exact) mass is 235 g/mol. The predicted octanol–water partition coefficient (Wildman–Crippen LogP) is 2.92. The van der Waals surface area contributed by atoms with Crippen molar-refractivity contribution in [3.63, 3.8) is 0 Å². The van der Waals surface area contributed by atoms with Crippen molar-refractivity contribution in [2.75, 3.05) is 6.54 Å². The van der Waals surface area contributed by atoms with Crippen molar-refractivity contribution in [1.29, 1.82) is 0 Å². The van der Waals surface area contributed by atoms with Gasteiger partial charge in [-0.1, -0.05) is 26.2 Å². The molecule has 2 rings (SSSR count). The molecule has 2 unspecified atom stereocenters. The van der Waals surface area contributed by atoms with Gasteiger partial charge in [0.25, 0.3) is 0 Å². The van der Waals surface area contributed by atoms with Crippen LogP contribution >= 0.6 is 0 Å². The van der Waals surface area contributed by atoms with Gasteiger partial charge >= 0.3 is 0 Å². The Morgan fingerprint density at radius 3 is 2.94 bits per heavy atom. The van der Waals surface area contributed by atoms with E-state index in [0.29, 0.717) is 11.8 Å². The van der Waals surface area contributed by atoms with Crippen LogP contribution in [0.2, 0.25) is 0 Å². The van der Waals surface area contributed by atoms with Crippen molar-refractivity contribution in [3.8, 4) is 0 Å². The minimum atomic E-state index is 0.646. The fourth-order valence-electron chi connectivity index (χ4n) is 3.03. The van der Waals surface area contributed by atoms with Crippen LogP contribution in [-0.4, -0.2) is 16.3 Å². The molecule has 0 bridgehead atoms. The third kappa shape index (κ3) is 3.09. The lowest BCUT2D eigenvalue weighted by molar-refractivity contribution is 0.408. The molecular weight excluding hydrogens is 210 g/mol. The van der Waals surface area contributed by atoms with Gasteiger partial charge in [-0.3, -0.25) is 4.68 Å². The molecule has 0 saturated heterocycles. The molecule has 1 aliphatic carbocycles. The van der Waals surface area contributed by atoms with E-state index < -0.39 is 0 Å². The number of rotatable bonds is 4. The first-order chi connectivity index (χ1) is 8.35. The molecule has 2 N–H and O–H groups in total. The summed E-state index contributed by atoms with van der Waals surface area (Å²) in [4.78, 5) is 0. The minimum Gasteiger partial charge on any atom is -0.330 e. The lowest BCUT2D eigenvalue weighted by Crippen LogP contribution is -2.20. The summed E-state index contributed by atoms with van der Waals surface area (Å²) in [5.74, 6) is 1.31. The van der Waals surface area contributed by atoms with E-state index in [1.807, 2.05) is 0 Å². The van der Waals surface area contributed by atoms with Crippen LogP contribution in [-0.2, 0) is 6.54 Å². The van der Waals surface area contributed by atoms with Crippen molar-refractivity contribution in [2.24, 2.45) is 11.7 Å². The Kier molecular flexibility index (Phi) is 4.60. The zero-order chi connectivity index (χ0) is 12.1. The average Bonchev–Trinajstić information content (AvgIpc) is 2.66. The molecule has 17 heavy (non-hydrogen) atoms. The molecule has 1 fully saturated rings. The van der Waals surface area contributed by atoms with Crippen molar-refractivity contribution in [3.05, 3.63) is 18.0 Å². The second-order valence-electron chi connectivity index (χ2n) is 5.28. The van der Waals surface area contributed by atoms with Crippen LogP contribution in [0.5, 0.6) is 0 Å². The third-order valence-corrected chi connectivity index (χ3v) is 4.00. The van der Waals surface area contributed by atoms with E-state index >= 15 is 0 Å². The lowest BCUT2D eigenvalue weighted by atomic mass is 9.84. The average molecular weight is 235 g/mol. The maximum absolute atomic E-state index is 5.94. The fourth-order valence-corrected chi connectivity index (χ4v) is 3.03. The lowest BCUT2D eigenvalue weighted by Gasteiger charge is -2.22. The highest BCUT2D eigenvalue weighted by Gasteiger charge is 2.24. The van der Waals surface area contributed by atoms with Gasteiger partial charge in [0, 0.05) is 12.7 Å². The van der Waals surface area contributed by atoms with Gasteiger partial charge in [-0.2, -0.15) is 5.10 Å². The second kappa shape index (κ2) is 6.20. The Balaban J connectivity index is 2.10. The Labute approximate surface area is 104 Å². The van der Waals surface area contributed by atoms with Gasteiger partial charge in [0.15, 0.2) is 0 Å². The Bertz CT molecular complexity index is 332. The van der Waals surface area contributed by atoms with Crippen molar-refractivity contribution < 1.29 is 0 Å². The van der Waals surface area contributed by atoms with E-state index in [-0.39, 0.29) is 0 Å². The second-order valence-corrected chi connectivity index (χ2v) is 5.28. The Morgan fingerprint density at radius 2 is 2.18 bits per heavy atom. The van der Waals surface area contributed by atoms with Gasteiger partial charge in [0.1, 0.15) is 0 Å². The van der Waals surface area contributed by atoms with E-state index in [1.165, 1.54) is 37.7 Å². The summed E-state index contributed by atoms with van der Waals surface area (Å²) in [6, 6.07) is 0. The van der Waals surface area contributed by atoms with Gasteiger partial charge in [0.05, 0.1) is 6.20 Å². The quantitative estimate of drug-likeness (QED) is 0.815. The Morgan fingerprint density at radius 1 is 1.35 bits per heavy atom. The molecule has 1 aromatic rings. The van der Waals surface area contributed by atoms with Crippen LogP contribution in [0.4, 0.5) is 0 Å². The molecule has 1 heterocycles. The summed E-state index contributed by atoms with van der Waals surface area (Å²) in [6.07, 6.45) is 12.1. The van der Waals surface area contributed by atoms with Crippen LogP contribution in [0.3, 0.4) is 0 Å². The number of aryl methyl sites for hydroxylation is 1. The van der Waals surface area contributed by atoms with E-state index in [1.54, 1.807) is 0 Å². The van der Waals surface area contributed by atoms with Gasteiger partial charge in [-0.15, -0.1) is 0 Å². The number of hydrogen-bond donors (Lipinski definition) is 1. The molecule has 2 atom stereocenters. The van der Waals surface area contributed by atoms with Crippen molar-refractivity contribution >= 4 is 0 Å². The maximum atomic E-state index is 5.94. The summed E-state index contributed by atoms with van der Waals surface area (Å²) < 4.78 is 2.08. The molecule has 1 aromatic heterocycles. The summed E-state index contributed by atoms with van der Waals surface area (Å²) in [5.41, 5.74) is 7.35. The Hall–Kier alpha value is -0.830. The molecule has 0 radical (unpaired) electrons. The smallest absolute Gasteiger partial charge is 0.0524 e. The predicted molar refractivity (Wildman–Crippen MR) is 70.9 cm³/mol. The van der Waals surface area contributed by atoms with Crippen LogP contribution in [0, 0.1) is 5.92 Å². The summed E-state index contributed by atoms with van der Waals surface area (Å²) in [5, 5.41) is 4.46. The van der Waals surface area contributed by atoms with E-state index in [4.69, 9.17) is 5.73 Å². The molecule has 0 amide bonds. The number of nitrogens with two attached hydrogens (primary N) is 1. The first-order valence-corrected chi connectivity index (χ1v) is 7.07. The maximum Gasteiger partial charge on any atom is 0.0524 e. The van der Waals surface area contributed by atoms with Gasteiger partial charge < -0.3 is 5.73 Å². The van der Waals surface area contributed by atoms with Crippen LogP contribution in [0.1, 0.15) is 56.9 Å². The van der Waals surface area contributed by atoms with Gasteiger partial charge in [-0.25, -0.2) is 0 Å². The molecule has 1 aliphatic rings. The first-order valence-electron chi connectivity index (χ1n) is 7.07. The molecule has 3 nitrogen and oxygen atoms in total. The van der Waals surface area contributed by atoms with Crippen LogP contribution in [0.25, 0.3) is 0 Å². The van der Waals surface area contributed by atoms with Crippen LogP contribution < -0.4 is 5.73 Å². The van der Waals surface area contributed by atoms with Crippen LogP contribution in [0.15, 0.2) is 12.4 Å². The van der Waals surface area contributed by atoms with Crippen molar-refractivity contribution in [1.82, 2.24) is 9.78 Å². The summed E-state index contributed by atoms with van der Waals surface area (Å²) in [7, 11) is 0. The summed E-state index contributed by atoms with van der Waals surface area (Å²) in [6.45, 7) is 4.04. The normalized spacial score (nSPS) is 25.8. The fraction of sp³-hybridized carbons (Fsp3) is 0.786. The number of nitrogens with zero attached hydrogens (tertiary/aromatic N) is 2. The topological polar surface area (TPSA) is 43.8 Å². The summed E-state index contributed by atoms with van der Waals surface area (Å²) >= 11 is 0. The third-order valence-electron chi connectivity index (χ3n) is 4.00. The molecule has 96 valence electrons. The SMILES string of the molecule is CCCn1cc(C2CCCCCC2CN)cn1.